The summed E-state index contributed by atoms with van der Waals surface area (Å²) in [6, 6.07) is 6.13. The van der Waals surface area contributed by atoms with Crippen molar-refractivity contribution >= 4 is 11.8 Å². The predicted molar refractivity (Wildman–Crippen MR) is 104 cm³/mol. The zero-order valence-corrected chi connectivity index (χ0v) is 16.5. The van der Waals surface area contributed by atoms with Crippen molar-refractivity contribution in [2.45, 2.75) is 32.2 Å². The highest BCUT2D eigenvalue weighted by Gasteiger charge is 2.43. The fourth-order valence-electron chi connectivity index (χ4n) is 4.22. The lowest BCUT2D eigenvalue weighted by Crippen LogP contribution is -2.54. The first-order valence-electron chi connectivity index (χ1n) is 10.1. The molecule has 7 heteroatoms. The number of benzene rings is 1. The summed E-state index contributed by atoms with van der Waals surface area (Å²) >= 11 is 0. The molecule has 2 N–H and O–H groups in total. The molecule has 0 spiro atoms. The molecule has 2 fully saturated rings. The summed E-state index contributed by atoms with van der Waals surface area (Å²) < 4.78 is 18.3. The van der Waals surface area contributed by atoms with Gasteiger partial charge >= 0.3 is 0 Å². The largest absolute Gasteiger partial charge is 0.384 e. The van der Waals surface area contributed by atoms with Crippen LogP contribution in [0.1, 0.15) is 31.2 Å². The van der Waals surface area contributed by atoms with Gasteiger partial charge in [0.15, 0.2) is 0 Å². The van der Waals surface area contributed by atoms with E-state index in [2.05, 4.69) is 10.6 Å². The lowest BCUT2D eigenvalue weighted by Gasteiger charge is -2.41. The summed E-state index contributed by atoms with van der Waals surface area (Å²) in [6.45, 7) is 3.71. The lowest BCUT2D eigenvalue weighted by molar-refractivity contribution is -0.150. The predicted octanol–water partition coefficient (Wildman–Crippen LogP) is 1.70. The molecule has 1 aromatic carbocycles. The molecule has 2 heterocycles. The second kappa shape index (κ2) is 9.47. The number of likely N-dealkylation sites (tertiary alicyclic amines) is 1. The third-order valence-electron chi connectivity index (χ3n) is 5.97. The van der Waals surface area contributed by atoms with E-state index in [1.54, 1.807) is 19.2 Å². The fourth-order valence-corrected chi connectivity index (χ4v) is 4.22. The molecule has 2 amide bonds. The van der Waals surface area contributed by atoms with Gasteiger partial charge in [-0.25, -0.2) is 4.39 Å². The number of carbonyl (C=O) groups is 2. The molecule has 0 aliphatic carbocycles. The highest BCUT2D eigenvalue weighted by molar-refractivity contribution is 5.84. The van der Waals surface area contributed by atoms with Crippen LogP contribution in [0.15, 0.2) is 24.3 Å². The molecular formula is C21H30FN3O3. The van der Waals surface area contributed by atoms with Gasteiger partial charge < -0.3 is 20.3 Å². The topological polar surface area (TPSA) is 70.7 Å². The van der Waals surface area contributed by atoms with Crippen molar-refractivity contribution in [3.63, 3.8) is 0 Å². The maximum Gasteiger partial charge on any atom is 0.231 e. The summed E-state index contributed by atoms with van der Waals surface area (Å²) in [6.07, 6.45) is 2.92. The molecule has 0 saturated carbocycles. The molecular weight excluding hydrogens is 361 g/mol. The molecule has 1 aromatic rings. The van der Waals surface area contributed by atoms with Crippen molar-refractivity contribution in [3.8, 4) is 0 Å². The molecule has 0 bridgehead atoms. The maximum absolute atomic E-state index is 13.2. The number of ether oxygens (including phenoxy) is 1. The average Bonchev–Trinajstić information content (AvgIpc) is 2.73. The highest BCUT2D eigenvalue weighted by Crippen LogP contribution is 2.33. The Morgan fingerprint density at radius 2 is 1.86 bits per heavy atom. The van der Waals surface area contributed by atoms with Gasteiger partial charge in [0.1, 0.15) is 5.82 Å². The molecule has 2 aliphatic rings. The van der Waals surface area contributed by atoms with Crippen molar-refractivity contribution in [2.24, 2.45) is 11.3 Å². The SMILES string of the molecule is COCC1(C(=O)N2CCC(C(=O)NCc3ccc(F)cc3)CC2)CCNCC1. The lowest BCUT2D eigenvalue weighted by atomic mass is 9.77. The van der Waals surface area contributed by atoms with Crippen molar-refractivity contribution < 1.29 is 18.7 Å². The first-order valence-corrected chi connectivity index (χ1v) is 10.1. The third-order valence-corrected chi connectivity index (χ3v) is 5.97. The number of nitrogens with one attached hydrogen (secondary N) is 2. The number of amides is 2. The second-order valence-corrected chi connectivity index (χ2v) is 7.87. The van der Waals surface area contributed by atoms with Crippen LogP contribution in [-0.4, -0.2) is 56.6 Å². The third kappa shape index (κ3) is 4.89. The van der Waals surface area contributed by atoms with E-state index in [0.717, 1.165) is 31.5 Å². The maximum atomic E-state index is 13.2. The van der Waals surface area contributed by atoms with Crippen LogP contribution in [0, 0.1) is 17.2 Å². The van der Waals surface area contributed by atoms with Crippen LogP contribution in [0.25, 0.3) is 0 Å². The van der Waals surface area contributed by atoms with Crippen LogP contribution >= 0.6 is 0 Å². The summed E-state index contributed by atoms with van der Waals surface area (Å²) in [5.41, 5.74) is 0.437. The van der Waals surface area contributed by atoms with E-state index in [0.29, 0.717) is 39.1 Å². The Bertz CT molecular complexity index is 660. The Kier molecular flexibility index (Phi) is 7.02. The zero-order valence-electron chi connectivity index (χ0n) is 16.5. The Morgan fingerprint density at radius 1 is 1.21 bits per heavy atom. The summed E-state index contributed by atoms with van der Waals surface area (Å²) in [7, 11) is 1.65. The summed E-state index contributed by atoms with van der Waals surface area (Å²) in [5.74, 6) is -0.200. The van der Waals surface area contributed by atoms with Gasteiger partial charge in [0.05, 0.1) is 12.0 Å². The smallest absolute Gasteiger partial charge is 0.231 e. The molecule has 6 nitrogen and oxygen atoms in total. The van der Waals surface area contributed by atoms with Gasteiger partial charge in [-0.05, 0) is 56.5 Å². The van der Waals surface area contributed by atoms with E-state index >= 15 is 0 Å². The molecule has 0 aromatic heterocycles. The number of piperidine rings is 2. The Hall–Kier alpha value is -1.99. The van der Waals surface area contributed by atoms with Gasteiger partial charge in [0.25, 0.3) is 0 Å². The van der Waals surface area contributed by atoms with Gasteiger partial charge in [-0.2, -0.15) is 0 Å². The van der Waals surface area contributed by atoms with E-state index in [4.69, 9.17) is 4.74 Å². The zero-order chi connectivity index (χ0) is 20.0. The Labute approximate surface area is 165 Å². The molecule has 2 saturated heterocycles. The minimum Gasteiger partial charge on any atom is -0.384 e. The van der Waals surface area contributed by atoms with E-state index < -0.39 is 5.41 Å². The quantitative estimate of drug-likeness (QED) is 0.774. The molecule has 0 atom stereocenters. The van der Waals surface area contributed by atoms with Crippen LogP contribution in [0.2, 0.25) is 0 Å². The monoisotopic (exact) mass is 391 g/mol. The summed E-state index contributed by atoms with van der Waals surface area (Å²) in [5, 5.41) is 6.24. The molecule has 0 unspecified atom stereocenters. The molecule has 28 heavy (non-hydrogen) atoms. The number of hydrogen-bond donors (Lipinski definition) is 2. The van der Waals surface area contributed by atoms with Crippen LogP contribution < -0.4 is 10.6 Å². The second-order valence-electron chi connectivity index (χ2n) is 7.87. The molecule has 0 radical (unpaired) electrons. The number of halogens is 1. The first-order chi connectivity index (χ1) is 13.5. The van der Waals surface area contributed by atoms with Crippen molar-refractivity contribution in [1.82, 2.24) is 15.5 Å². The van der Waals surface area contributed by atoms with E-state index in [1.165, 1.54) is 12.1 Å². The molecule has 3 rings (SSSR count). The van der Waals surface area contributed by atoms with Crippen LogP contribution in [0.5, 0.6) is 0 Å². The van der Waals surface area contributed by atoms with Gasteiger partial charge in [0.2, 0.25) is 11.8 Å². The summed E-state index contributed by atoms with van der Waals surface area (Å²) in [4.78, 5) is 27.5. The van der Waals surface area contributed by atoms with E-state index in [-0.39, 0.29) is 23.5 Å². The normalized spacial score (nSPS) is 20.0. The van der Waals surface area contributed by atoms with Crippen molar-refractivity contribution in [2.75, 3.05) is 39.9 Å². The Balaban J connectivity index is 1.49. The van der Waals surface area contributed by atoms with Gasteiger partial charge in [-0.1, -0.05) is 12.1 Å². The van der Waals surface area contributed by atoms with Crippen molar-refractivity contribution in [3.05, 3.63) is 35.6 Å². The van der Waals surface area contributed by atoms with Gasteiger partial charge in [-0.3, -0.25) is 9.59 Å². The van der Waals surface area contributed by atoms with Crippen LogP contribution in [0.3, 0.4) is 0 Å². The van der Waals surface area contributed by atoms with Gasteiger partial charge in [0, 0.05) is 32.7 Å². The first kappa shape index (κ1) is 20.7. The number of nitrogens with zero attached hydrogens (tertiary/aromatic N) is 1. The van der Waals surface area contributed by atoms with E-state index in [1.807, 2.05) is 4.90 Å². The highest BCUT2D eigenvalue weighted by atomic mass is 19.1. The molecule has 154 valence electrons. The van der Waals surface area contributed by atoms with Crippen molar-refractivity contribution in [1.29, 1.82) is 0 Å². The number of carbonyl (C=O) groups excluding carboxylic acids is 2. The minimum atomic E-state index is -0.433. The molecule has 2 aliphatic heterocycles. The fraction of sp³-hybridized carbons (Fsp3) is 0.619. The minimum absolute atomic E-state index is 0.00453. The van der Waals surface area contributed by atoms with Gasteiger partial charge in [-0.15, -0.1) is 0 Å². The number of hydrogen-bond acceptors (Lipinski definition) is 4. The average molecular weight is 391 g/mol. The number of methoxy groups -OCH3 is 1. The standard InChI is InChI=1S/C21H30FN3O3/c1-28-15-21(8-10-23-11-9-21)20(27)25-12-6-17(7-13-25)19(26)24-14-16-2-4-18(22)5-3-16/h2-5,17,23H,6-15H2,1H3,(H,24,26). The van der Waals surface area contributed by atoms with E-state index in [9.17, 15) is 14.0 Å². The van der Waals surface area contributed by atoms with Crippen LogP contribution in [0.4, 0.5) is 4.39 Å². The number of rotatable bonds is 6. The van der Waals surface area contributed by atoms with Crippen LogP contribution in [-0.2, 0) is 20.9 Å². The Morgan fingerprint density at radius 3 is 2.46 bits per heavy atom.